The predicted molar refractivity (Wildman–Crippen MR) is 163 cm³/mol. The van der Waals surface area contributed by atoms with Crippen LogP contribution in [0, 0.1) is 13.8 Å². The number of hydrogen-bond acceptors (Lipinski definition) is 8. The number of phenols is 1. The molecular weight excluding hydrogens is 536 g/mol. The van der Waals surface area contributed by atoms with Gasteiger partial charge in [0, 0.05) is 66.0 Å². The zero-order valence-electron chi connectivity index (χ0n) is 23.6. The first-order chi connectivity index (χ1) is 20.2. The molecule has 8 aromatic carbocycles. The third-order valence-corrected chi connectivity index (χ3v) is 9.04. The molecule has 0 atom stereocenters. The molecule has 0 radical (unpaired) electrons. The average molecular weight is 560 g/mol. The van der Waals surface area contributed by atoms with Gasteiger partial charge in [-0.1, -0.05) is 5.75 Å². The highest BCUT2D eigenvalue weighted by molar-refractivity contribution is 6.51. The Morgan fingerprint density at radius 1 is 0.476 bits per heavy atom. The van der Waals surface area contributed by atoms with E-state index >= 15 is 0 Å². The van der Waals surface area contributed by atoms with Crippen LogP contribution in [-0.2, 0) is 0 Å². The lowest BCUT2D eigenvalue weighted by atomic mass is 9.77. The Balaban J connectivity index is 1.99. The third-order valence-electron chi connectivity index (χ3n) is 9.04. The van der Waals surface area contributed by atoms with Crippen molar-refractivity contribution in [1.29, 1.82) is 0 Å². The number of ether oxygens (including phenoxy) is 4. The number of rotatable bonds is 4. The van der Waals surface area contributed by atoms with Gasteiger partial charge in [-0.3, -0.25) is 9.59 Å². The van der Waals surface area contributed by atoms with Crippen molar-refractivity contribution in [2.75, 3.05) is 28.4 Å². The van der Waals surface area contributed by atoms with Crippen LogP contribution in [0.3, 0.4) is 0 Å². The lowest BCUT2D eigenvalue weighted by Crippen LogP contribution is -2.12. The van der Waals surface area contributed by atoms with Crippen LogP contribution < -0.4 is 34.9 Å². The van der Waals surface area contributed by atoms with E-state index in [1.165, 1.54) is 40.6 Å². The van der Waals surface area contributed by atoms with Crippen molar-refractivity contribution < 1.29 is 29.2 Å². The largest absolute Gasteiger partial charge is 0.871 e. The minimum absolute atomic E-state index is 0.109. The first-order valence-electron chi connectivity index (χ1n) is 13.3. The molecule has 0 spiro atoms. The fourth-order valence-electron chi connectivity index (χ4n) is 7.55. The Kier molecular flexibility index (Phi) is 4.52. The molecule has 0 saturated heterocycles. The summed E-state index contributed by atoms with van der Waals surface area (Å²) in [4.78, 5) is 27.8. The Morgan fingerprint density at radius 3 is 1.24 bits per heavy atom. The van der Waals surface area contributed by atoms with Gasteiger partial charge in [-0.25, -0.2) is 0 Å². The minimum Gasteiger partial charge on any atom is -0.871 e. The van der Waals surface area contributed by atoms with Crippen LogP contribution in [0.4, 0.5) is 0 Å². The topological polar surface area (TPSA) is 114 Å². The second-order valence-corrected chi connectivity index (χ2v) is 10.9. The van der Waals surface area contributed by atoms with Gasteiger partial charge in [-0.05, 0) is 47.9 Å². The second-order valence-electron chi connectivity index (χ2n) is 10.9. The Labute approximate surface area is 237 Å². The van der Waals surface area contributed by atoms with Crippen molar-refractivity contribution >= 4 is 75.4 Å². The molecule has 8 rings (SSSR count). The molecule has 208 valence electrons. The summed E-state index contributed by atoms with van der Waals surface area (Å²) in [7, 11) is 5.89. The predicted octanol–water partition coefficient (Wildman–Crippen LogP) is 5.66. The number of fused-ring (bicyclic) bond motifs is 2. The molecule has 8 nitrogen and oxygen atoms in total. The van der Waals surface area contributed by atoms with E-state index in [1.54, 1.807) is 0 Å². The van der Waals surface area contributed by atoms with Crippen molar-refractivity contribution in [3.8, 4) is 34.5 Å². The van der Waals surface area contributed by atoms with E-state index in [2.05, 4.69) is 0 Å². The Hall–Kier alpha value is -5.24. The summed E-state index contributed by atoms with van der Waals surface area (Å²) in [5.41, 5.74) is 0.790. The van der Waals surface area contributed by atoms with Crippen LogP contribution in [0.1, 0.15) is 11.1 Å². The molecule has 0 heterocycles. The van der Waals surface area contributed by atoms with Crippen LogP contribution >= 0.6 is 0 Å². The first kappa shape index (κ1) is 24.5. The summed E-state index contributed by atoms with van der Waals surface area (Å²) in [5.74, 6) is 0.654. The number of methoxy groups -OCH3 is 4. The van der Waals surface area contributed by atoms with Crippen molar-refractivity contribution in [2.24, 2.45) is 0 Å². The van der Waals surface area contributed by atoms with Crippen molar-refractivity contribution in [1.82, 2.24) is 0 Å². The van der Waals surface area contributed by atoms with E-state index in [4.69, 9.17) is 18.9 Å². The molecule has 42 heavy (non-hydrogen) atoms. The van der Waals surface area contributed by atoms with E-state index in [1.807, 2.05) is 26.0 Å². The van der Waals surface area contributed by atoms with Crippen LogP contribution in [0.2, 0.25) is 0 Å². The van der Waals surface area contributed by atoms with Gasteiger partial charge in [0.05, 0.1) is 39.2 Å². The SMILES string of the molecule is COc1cc(C)c2c3c(C)cc(OC)c4c(O)c5c(OC)cc(=O)c6c7c(=O)cc(OC)c8c([O-])c1c2c(c87)c(c43)c56. The third kappa shape index (κ3) is 2.47. The first-order valence-corrected chi connectivity index (χ1v) is 13.3. The van der Waals surface area contributed by atoms with E-state index in [-0.39, 0.29) is 39.2 Å². The summed E-state index contributed by atoms with van der Waals surface area (Å²) in [5, 5.41) is 32.9. The molecule has 0 unspecified atom stereocenters. The maximum atomic E-state index is 14.5. The lowest BCUT2D eigenvalue weighted by molar-refractivity contribution is -0.263. The molecule has 0 aliphatic heterocycles. The fourth-order valence-corrected chi connectivity index (χ4v) is 7.55. The molecule has 0 saturated carbocycles. The molecule has 1 N–H and O–H groups in total. The number of hydrogen-bond donors (Lipinski definition) is 1. The maximum absolute atomic E-state index is 14.5. The number of aryl methyl sites for hydroxylation is 2. The van der Waals surface area contributed by atoms with Gasteiger partial charge in [-0.2, -0.15) is 0 Å². The zero-order chi connectivity index (χ0) is 29.5. The van der Waals surface area contributed by atoms with Crippen molar-refractivity contribution in [3.05, 3.63) is 55.8 Å². The van der Waals surface area contributed by atoms with Gasteiger partial charge in [0.2, 0.25) is 0 Å². The van der Waals surface area contributed by atoms with Gasteiger partial charge in [0.25, 0.3) is 0 Å². The molecule has 8 aromatic rings. The highest BCUT2D eigenvalue weighted by Gasteiger charge is 2.32. The van der Waals surface area contributed by atoms with E-state index in [0.29, 0.717) is 60.0 Å². The van der Waals surface area contributed by atoms with Crippen molar-refractivity contribution in [3.63, 3.8) is 0 Å². The standard InChI is InChI=1S/C34H24O8/c1-11-7-15(39-3)23-27-19(11)20-12(2)8-16(40-4)24-28(20)32-30-22(14(36)10-18(42-6)26(30)34(24)38)21-13(35)9-17(41-5)25(33(23)37)29(21)31(27)32/h7-10,37-38H,1-6H3/p-1. The maximum Gasteiger partial charge on any atom is 0.190 e. The normalized spacial score (nSPS) is 12.4. The molecule has 0 aliphatic rings. The number of benzene rings is 8. The van der Waals surface area contributed by atoms with Crippen LogP contribution in [0.15, 0.2) is 33.9 Å². The molecule has 0 aromatic heterocycles. The molecule has 0 amide bonds. The average Bonchev–Trinajstić information content (AvgIpc) is 2.98. The van der Waals surface area contributed by atoms with E-state index in [0.717, 1.165) is 21.9 Å². The monoisotopic (exact) mass is 559 g/mol. The Bertz CT molecular complexity index is 2400. The van der Waals surface area contributed by atoms with E-state index in [9.17, 15) is 19.8 Å². The van der Waals surface area contributed by atoms with Crippen LogP contribution in [0.5, 0.6) is 34.5 Å². The van der Waals surface area contributed by atoms with Gasteiger partial charge < -0.3 is 29.2 Å². The van der Waals surface area contributed by atoms with Crippen molar-refractivity contribution in [2.45, 2.75) is 13.8 Å². The molecule has 0 fully saturated rings. The summed E-state index contributed by atoms with van der Waals surface area (Å²) in [6, 6.07) is 6.22. The minimum atomic E-state index is -0.461. The smallest absolute Gasteiger partial charge is 0.190 e. The van der Waals surface area contributed by atoms with Gasteiger partial charge in [0.1, 0.15) is 28.7 Å². The second kappa shape index (κ2) is 7.73. The van der Waals surface area contributed by atoms with E-state index < -0.39 is 10.9 Å². The van der Waals surface area contributed by atoms with Crippen LogP contribution in [0.25, 0.3) is 75.4 Å². The molecular formula is C34H23O8-. The van der Waals surface area contributed by atoms with Gasteiger partial charge >= 0.3 is 0 Å². The highest BCUT2D eigenvalue weighted by atomic mass is 16.5. The fraction of sp³-hybridized carbons (Fsp3) is 0.176. The molecule has 0 bridgehead atoms. The summed E-state index contributed by atoms with van der Waals surface area (Å²) in [6.07, 6.45) is 0. The summed E-state index contributed by atoms with van der Waals surface area (Å²) in [6.45, 7) is 3.89. The highest BCUT2D eigenvalue weighted by Crippen LogP contribution is 2.59. The van der Waals surface area contributed by atoms with Gasteiger partial charge in [-0.15, -0.1) is 0 Å². The Morgan fingerprint density at radius 2 is 0.786 bits per heavy atom. The summed E-state index contributed by atoms with van der Waals surface area (Å²) >= 11 is 0. The van der Waals surface area contributed by atoms with Crippen LogP contribution in [-0.4, -0.2) is 33.5 Å². The summed E-state index contributed by atoms with van der Waals surface area (Å²) < 4.78 is 22.9. The molecule has 0 aliphatic carbocycles. The van der Waals surface area contributed by atoms with Gasteiger partial charge in [0.15, 0.2) is 10.9 Å². The number of phenolic OH excluding ortho intramolecular Hbond substituents is 1. The zero-order valence-corrected chi connectivity index (χ0v) is 23.6. The quantitative estimate of drug-likeness (QED) is 0.217. The lowest BCUT2D eigenvalue weighted by Gasteiger charge is -2.29. The molecule has 8 heteroatoms. The number of aromatic hydroxyl groups is 1.